The largest absolute Gasteiger partial charge is 0.338 e. The van der Waals surface area contributed by atoms with E-state index in [1.807, 2.05) is 29.3 Å². The third kappa shape index (κ3) is 5.20. The van der Waals surface area contributed by atoms with Gasteiger partial charge in [0.15, 0.2) is 0 Å². The lowest BCUT2D eigenvalue weighted by Crippen LogP contribution is -2.40. The minimum absolute atomic E-state index is 0.0205. The van der Waals surface area contributed by atoms with Crippen LogP contribution in [0.1, 0.15) is 42.4 Å². The first-order chi connectivity index (χ1) is 15.0. The van der Waals surface area contributed by atoms with E-state index in [2.05, 4.69) is 15.3 Å². The van der Waals surface area contributed by atoms with Crippen molar-refractivity contribution in [3.8, 4) is 0 Å². The topological polar surface area (TPSA) is 75.2 Å². The van der Waals surface area contributed by atoms with E-state index in [0.717, 1.165) is 42.5 Å². The van der Waals surface area contributed by atoms with Gasteiger partial charge in [-0.15, -0.1) is 0 Å². The van der Waals surface area contributed by atoms with Crippen LogP contribution in [-0.2, 0) is 11.2 Å². The Kier molecular flexibility index (Phi) is 6.47. The number of fused-ring (bicyclic) bond motifs is 1. The molecule has 4 rings (SSSR count). The number of benzene rings is 2. The van der Waals surface area contributed by atoms with E-state index in [1.165, 1.54) is 0 Å². The van der Waals surface area contributed by atoms with Crippen molar-refractivity contribution in [2.24, 2.45) is 5.92 Å². The van der Waals surface area contributed by atoms with Crippen LogP contribution in [0.5, 0.6) is 0 Å². The molecule has 1 aliphatic heterocycles. The molecule has 0 bridgehead atoms. The Hall–Kier alpha value is -2.99. The van der Waals surface area contributed by atoms with Crippen LogP contribution < -0.4 is 5.32 Å². The fourth-order valence-electron chi connectivity index (χ4n) is 3.94. The second-order valence-electron chi connectivity index (χ2n) is 7.93. The van der Waals surface area contributed by atoms with E-state index in [9.17, 15) is 9.59 Å². The minimum Gasteiger partial charge on any atom is -0.338 e. The lowest BCUT2D eigenvalue weighted by Gasteiger charge is -2.32. The lowest BCUT2D eigenvalue weighted by molar-refractivity contribution is -0.115. The SMILES string of the molecule is CCC(=O)Nc1ccc(C(=O)N2CCC[C@@H](Cc3ncc4cc(Cl)ccc4n3)C2)cc1. The third-order valence-corrected chi connectivity index (χ3v) is 5.84. The summed E-state index contributed by atoms with van der Waals surface area (Å²) in [5.74, 6) is 1.10. The Labute approximate surface area is 186 Å². The first kappa shape index (κ1) is 21.2. The molecule has 2 aromatic carbocycles. The summed E-state index contributed by atoms with van der Waals surface area (Å²) < 4.78 is 0. The summed E-state index contributed by atoms with van der Waals surface area (Å²) in [5.41, 5.74) is 2.22. The predicted octanol–water partition coefficient (Wildman–Crippen LogP) is 4.73. The highest BCUT2D eigenvalue weighted by Gasteiger charge is 2.25. The van der Waals surface area contributed by atoms with Gasteiger partial charge in [0.05, 0.1) is 5.52 Å². The zero-order chi connectivity index (χ0) is 21.8. The quantitative estimate of drug-likeness (QED) is 0.627. The smallest absolute Gasteiger partial charge is 0.253 e. The van der Waals surface area contributed by atoms with Crippen molar-refractivity contribution in [1.29, 1.82) is 0 Å². The van der Waals surface area contributed by atoms with Crippen molar-refractivity contribution in [3.05, 3.63) is 65.1 Å². The van der Waals surface area contributed by atoms with E-state index in [0.29, 0.717) is 35.2 Å². The number of carbonyl (C=O) groups is 2. The molecule has 1 fully saturated rings. The standard InChI is InChI=1S/C24H25ClN4O2/c1-2-23(30)27-20-8-5-17(6-9-20)24(31)29-11-3-4-16(15-29)12-22-26-14-18-13-19(25)7-10-21(18)28-22/h5-10,13-14,16H,2-4,11-12,15H2,1H3,(H,27,30)/t16-/m0/s1. The fraction of sp³-hybridized carbons (Fsp3) is 0.333. The number of carbonyl (C=O) groups excluding carboxylic acids is 2. The first-order valence-corrected chi connectivity index (χ1v) is 11.0. The predicted molar refractivity (Wildman–Crippen MR) is 122 cm³/mol. The number of nitrogens with zero attached hydrogens (tertiary/aromatic N) is 3. The van der Waals surface area contributed by atoms with Crippen molar-refractivity contribution in [1.82, 2.24) is 14.9 Å². The molecule has 0 aliphatic carbocycles. The highest BCUT2D eigenvalue weighted by atomic mass is 35.5. The van der Waals surface area contributed by atoms with Gasteiger partial charge in [-0.2, -0.15) is 0 Å². The number of halogens is 1. The van der Waals surface area contributed by atoms with Gasteiger partial charge in [-0.3, -0.25) is 9.59 Å². The van der Waals surface area contributed by atoms with Gasteiger partial charge in [0, 0.05) is 53.8 Å². The van der Waals surface area contributed by atoms with Crippen LogP contribution in [0.3, 0.4) is 0 Å². The minimum atomic E-state index is -0.0445. The summed E-state index contributed by atoms with van der Waals surface area (Å²) in [5, 5.41) is 4.40. The molecule has 6 nitrogen and oxygen atoms in total. The third-order valence-electron chi connectivity index (χ3n) is 5.61. The Balaban J connectivity index is 1.40. The maximum absolute atomic E-state index is 13.0. The monoisotopic (exact) mass is 436 g/mol. The van der Waals surface area contributed by atoms with Crippen molar-refractivity contribution >= 4 is 40.0 Å². The number of hydrogen-bond donors (Lipinski definition) is 1. The normalized spacial score (nSPS) is 16.3. The number of aromatic nitrogens is 2. The van der Waals surface area contributed by atoms with Crippen LogP contribution in [0.4, 0.5) is 5.69 Å². The maximum atomic E-state index is 13.0. The molecular weight excluding hydrogens is 412 g/mol. The second-order valence-corrected chi connectivity index (χ2v) is 8.37. The Bertz CT molecular complexity index is 1100. The van der Waals surface area contributed by atoms with Gasteiger partial charge in [0.2, 0.25) is 5.91 Å². The van der Waals surface area contributed by atoms with Crippen LogP contribution in [-0.4, -0.2) is 39.8 Å². The average Bonchev–Trinajstić information content (AvgIpc) is 2.79. The zero-order valence-corrected chi connectivity index (χ0v) is 18.2. The maximum Gasteiger partial charge on any atom is 0.253 e. The fourth-order valence-corrected chi connectivity index (χ4v) is 4.12. The first-order valence-electron chi connectivity index (χ1n) is 10.6. The molecule has 1 atom stereocenters. The molecule has 1 aromatic heterocycles. The molecule has 0 saturated carbocycles. The van der Waals surface area contributed by atoms with Gasteiger partial charge in [0.1, 0.15) is 5.82 Å². The van der Waals surface area contributed by atoms with E-state index < -0.39 is 0 Å². The van der Waals surface area contributed by atoms with E-state index >= 15 is 0 Å². The van der Waals surface area contributed by atoms with Crippen molar-refractivity contribution in [2.75, 3.05) is 18.4 Å². The number of nitrogens with one attached hydrogen (secondary N) is 1. The average molecular weight is 437 g/mol. The molecule has 2 heterocycles. The van der Waals surface area contributed by atoms with Gasteiger partial charge in [-0.25, -0.2) is 9.97 Å². The molecule has 2 amide bonds. The van der Waals surface area contributed by atoms with E-state index in [1.54, 1.807) is 31.2 Å². The van der Waals surface area contributed by atoms with Crippen molar-refractivity contribution in [3.63, 3.8) is 0 Å². The van der Waals surface area contributed by atoms with Crippen LogP contribution in [0.2, 0.25) is 5.02 Å². The Morgan fingerprint density at radius 3 is 2.77 bits per heavy atom. The summed E-state index contributed by atoms with van der Waals surface area (Å²) >= 11 is 6.04. The van der Waals surface area contributed by atoms with E-state index in [-0.39, 0.29) is 11.8 Å². The van der Waals surface area contributed by atoms with Crippen LogP contribution >= 0.6 is 11.6 Å². The zero-order valence-electron chi connectivity index (χ0n) is 17.5. The molecule has 0 unspecified atom stereocenters. The molecule has 3 aromatic rings. The molecule has 1 saturated heterocycles. The highest BCUT2D eigenvalue weighted by Crippen LogP contribution is 2.23. The summed E-state index contributed by atoms with van der Waals surface area (Å²) in [4.78, 5) is 35.6. The van der Waals surface area contributed by atoms with Crippen molar-refractivity contribution < 1.29 is 9.59 Å². The summed E-state index contributed by atoms with van der Waals surface area (Å²) in [6.07, 6.45) is 4.99. The number of hydrogen-bond acceptors (Lipinski definition) is 4. The number of amides is 2. The number of anilines is 1. The molecule has 31 heavy (non-hydrogen) atoms. The molecule has 1 N–H and O–H groups in total. The molecule has 160 valence electrons. The summed E-state index contributed by atoms with van der Waals surface area (Å²) in [6, 6.07) is 12.7. The van der Waals surface area contributed by atoms with Gasteiger partial charge in [-0.05, 0) is 61.2 Å². The van der Waals surface area contributed by atoms with Gasteiger partial charge >= 0.3 is 0 Å². The number of piperidine rings is 1. The molecule has 1 aliphatic rings. The molecule has 0 radical (unpaired) electrons. The van der Waals surface area contributed by atoms with Crippen LogP contribution in [0.15, 0.2) is 48.7 Å². The Morgan fingerprint density at radius 2 is 2.00 bits per heavy atom. The van der Waals surface area contributed by atoms with E-state index in [4.69, 9.17) is 11.6 Å². The molecule has 7 heteroatoms. The Morgan fingerprint density at radius 1 is 1.19 bits per heavy atom. The second kappa shape index (κ2) is 9.43. The van der Waals surface area contributed by atoms with Crippen LogP contribution in [0.25, 0.3) is 10.9 Å². The highest BCUT2D eigenvalue weighted by molar-refractivity contribution is 6.31. The molecular formula is C24H25ClN4O2. The number of likely N-dealkylation sites (tertiary alicyclic amines) is 1. The number of rotatable bonds is 5. The van der Waals surface area contributed by atoms with Crippen LogP contribution in [0, 0.1) is 5.92 Å². The molecule has 0 spiro atoms. The van der Waals surface area contributed by atoms with Gasteiger partial charge in [-0.1, -0.05) is 18.5 Å². The van der Waals surface area contributed by atoms with Gasteiger partial charge < -0.3 is 10.2 Å². The lowest BCUT2D eigenvalue weighted by atomic mass is 9.94. The summed E-state index contributed by atoms with van der Waals surface area (Å²) in [7, 11) is 0. The van der Waals surface area contributed by atoms with Crippen molar-refractivity contribution in [2.45, 2.75) is 32.6 Å². The van der Waals surface area contributed by atoms with Gasteiger partial charge in [0.25, 0.3) is 5.91 Å². The summed E-state index contributed by atoms with van der Waals surface area (Å²) in [6.45, 7) is 3.24.